The van der Waals surface area contributed by atoms with Crippen molar-refractivity contribution in [2.45, 2.75) is 12.8 Å². The molecule has 4 aromatic rings. The average molecular weight is 506 g/mol. The third kappa shape index (κ3) is 5.90. The molecule has 0 saturated carbocycles. The fraction of sp³-hybridized carbons (Fsp3) is 0.286. The summed E-state index contributed by atoms with van der Waals surface area (Å²) < 4.78 is 6.44. The van der Waals surface area contributed by atoms with Gasteiger partial charge in [-0.15, -0.1) is 0 Å². The van der Waals surface area contributed by atoms with Gasteiger partial charge in [-0.3, -0.25) is 14.6 Å². The van der Waals surface area contributed by atoms with Gasteiger partial charge in [-0.25, -0.2) is 4.98 Å². The number of hydrogen-bond acceptors (Lipinski definition) is 5. The first-order valence-corrected chi connectivity index (χ1v) is 13.2. The van der Waals surface area contributed by atoms with Crippen molar-refractivity contribution < 1.29 is 9.53 Å². The van der Waals surface area contributed by atoms with Gasteiger partial charge in [0.15, 0.2) is 5.13 Å². The van der Waals surface area contributed by atoms with E-state index in [2.05, 4.69) is 17.0 Å². The summed E-state index contributed by atoms with van der Waals surface area (Å²) >= 11 is 7.89. The molecule has 0 aliphatic carbocycles. The van der Waals surface area contributed by atoms with Gasteiger partial charge >= 0.3 is 0 Å². The summed E-state index contributed by atoms with van der Waals surface area (Å²) in [5.74, 6) is -0.0339. The molecule has 1 aliphatic heterocycles. The Labute approximate surface area is 214 Å². The Bertz CT molecular complexity index is 1270. The van der Waals surface area contributed by atoms with Crippen LogP contribution in [0.5, 0.6) is 0 Å². The van der Waals surface area contributed by atoms with Gasteiger partial charge in [-0.05, 0) is 48.2 Å². The van der Waals surface area contributed by atoms with Gasteiger partial charge in [-0.2, -0.15) is 0 Å². The summed E-state index contributed by atoms with van der Waals surface area (Å²) in [6, 6.07) is 24.0. The van der Waals surface area contributed by atoms with Gasteiger partial charge < -0.3 is 4.74 Å². The molecule has 7 heteroatoms. The van der Waals surface area contributed by atoms with Crippen molar-refractivity contribution in [3.63, 3.8) is 0 Å². The molecule has 0 atom stereocenters. The Morgan fingerprint density at radius 1 is 0.971 bits per heavy atom. The molecule has 0 spiro atoms. The minimum atomic E-state index is -0.0339. The second kappa shape index (κ2) is 11.3. The quantitative estimate of drug-likeness (QED) is 0.298. The lowest BCUT2D eigenvalue weighted by molar-refractivity contribution is 0.0376. The van der Waals surface area contributed by atoms with Gasteiger partial charge in [0.25, 0.3) is 5.91 Å². The normalized spacial score (nSPS) is 14.3. The van der Waals surface area contributed by atoms with Crippen molar-refractivity contribution in [2.75, 3.05) is 44.3 Å². The van der Waals surface area contributed by atoms with Crippen molar-refractivity contribution in [1.82, 2.24) is 9.88 Å². The van der Waals surface area contributed by atoms with E-state index in [0.717, 1.165) is 55.9 Å². The third-order valence-corrected chi connectivity index (χ3v) is 7.59. The van der Waals surface area contributed by atoms with Crippen LogP contribution in [-0.2, 0) is 11.2 Å². The van der Waals surface area contributed by atoms with Gasteiger partial charge in [0.1, 0.15) is 5.52 Å². The largest absolute Gasteiger partial charge is 0.379 e. The maximum Gasteiger partial charge on any atom is 0.260 e. The zero-order chi connectivity index (χ0) is 24.0. The fourth-order valence-electron chi connectivity index (χ4n) is 4.33. The highest BCUT2D eigenvalue weighted by molar-refractivity contribution is 7.22. The van der Waals surface area contributed by atoms with E-state index in [9.17, 15) is 4.79 Å². The van der Waals surface area contributed by atoms with Crippen molar-refractivity contribution in [1.29, 1.82) is 0 Å². The molecule has 0 N–H and O–H groups in total. The number of anilines is 1. The minimum Gasteiger partial charge on any atom is -0.379 e. The molecule has 1 aromatic heterocycles. The number of carbonyl (C=O) groups excluding carboxylic acids is 1. The van der Waals surface area contributed by atoms with Crippen LogP contribution < -0.4 is 4.90 Å². The average Bonchev–Trinajstić information content (AvgIpc) is 3.33. The number of carbonyl (C=O) groups is 1. The summed E-state index contributed by atoms with van der Waals surface area (Å²) in [5, 5.41) is 1.30. The summed E-state index contributed by atoms with van der Waals surface area (Å²) in [7, 11) is 0. The number of ether oxygens (including phenoxy) is 1. The molecule has 0 unspecified atom stereocenters. The molecule has 0 radical (unpaired) electrons. The molecule has 1 fully saturated rings. The molecule has 5 nitrogen and oxygen atoms in total. The van der Waals surface area contributed by atoms with E-state index in [0.29, 0.717) is 22.3 Å². The van der Waals surface area contributed by atoms with Crippen LogP contribution in [0.3, 0.4) is 0 Å². The lowest BCUT2D eigenvalue weighted by atomic mass is 10.0. The number of para-hydroxylation sites is 1. The number of morpholine rings is 1. The molecule has 5 rings (SSSR count). The molecular weight excluding hydrogens is 478 g/mol. The Hall–Kier alpha value is -2.77. The standard InChI is InChI=1S/C28H28ClN3O2S/c29-24-8-4-9-25-26(24)30-28(35-25)32(15-5-14-31-16-18-34-19-17-31)27(33)23-12-10-22(11-13-23)20-21-6-2-1-3-7-21/h1-4,6-13H,5,14-20H2. The number of halogens is 1. The van der Waals surface area contributed by atoms with Crippen LogP contribution in [0.1, 0.15) is 27.9 Å². The molecule has 2 heterocycles. The van der Waals surface area contributed by atoms with E-state index in [4.69, 9.17) is 21.3 Å². The number of aromatic nitrogens is 1. The van der Waals surface area contributed by atoms with Crippen molar-refractivity contribution in [3.8, 4) is 0 Å². The molecular formula is C28H28ClN3O2S. The fourth-order valence-corrected chi connectivity index (χ4v) is 5.62. The van der Waals surface area contributed by atoms with Gasteiger partial charge in [0, 0.05) is 31.7 Å². The first-order chi connectivity index (χ1) is 17.2. The predicted molar refractivity (Wildman–Crippen MR) is 144 cm³/mol. The van der Waals surface area contributed by atoms with E-state index in [1.807, 2.05) is 65.6 Å². The van der Waals surface area contributed by atoms with E-state index in [-0.39, 0.29) is 5.91 Å². The zero-order valence-electron chi connectivity index (χ0n) is 19.5. The van der Waals surface area contributed by atoms with E-state index < -0.39 is 0 Å². The monoisotopic (exact) mass is 505 g/mol. The van der Waals surface area contributed by atoms with Crippen LogP contribution in [0.25, 0.3) is 10.2 Å². The SMILES string of the molecule is O=C(c1ccc(Cc2ccccc2)cc1)N(CCCN1CCOCC1)c1nc2c(Cl)cccc2s1. The van der Waals surface area contributed by atoms with Gasteiger partial charge in [0.05, 0.1) is 22.9 Å². The molecule has 180 valence electrons. The number of thiazole rings is 1. The number of amides is 1. The van der Waals surface area contributed by atoms with Crippen LogP contribution in [0, 0.1) is 0 Å². The van der Waals surface area contributed by atoms with Gasteiger partial charge in [-0.1, -0.05) is 71.5 Å². The van der Waals surface area contributed by atoms with Crippen LogP contribution in [0.2, 0.25) is 5.02 Å². The van der Waals surface area contributed by atoms with E-state index in [1.165, 1.54) is 22.5 Å². The highest BCUT2D eigenvalue weighted by atomic mass is 35.5. The summed E-state index contributed by atoms with van der Waals surface area (Å²) in [6.45, 7) is 4.94. The van der Waals surface area contributed by atoms with Crippen LogP contribution in [0.15, 0.2) is 72.8 Å². The first kappa shape index (κ1) is 23.9. The highest BCUT2D eigenvalue weighted by Gasteiger charge is 2.22. The van der Waals surface area contributed by atoms with Crippen LogP contribution >= 0.6 is 22.9 Å². The van der Waals surface area contributed by atoms with Gasteiger partial charge in [0.2, 0.25) is 0 Å². The highest BCUT2D eigenvalue weighted by Crippen LogP contribution is 2.33. The predicted octanol–water partition coefficient (Wildman–Crippen LogP) is 5.91. The van der Waals surface area contributed by atoms with Crippen molar-refractivity contribution in [3.05, 3.63) is 94.5 Å². The minimum absolute atomic E-state index is 0.0339. The Kier molecular flexibility index (Phi) is 7.74. The Balaban J connectivity index is 1.35. The maximum absolute atomic E-state index is 13.7. The zero-order valence-corrected chi connectivity index (χ0v) is 21.1. The smallest absolute Gasteiger partial charge is 0.260 e. The second-order valence-electron chi connectivity index (χ2n) is 8.71. The molecule has 1 saturated heterocycles. The van der Waals surface area contributed by atoms with E-state index >= 15 is 0 Å². The van der Waals surface area contributed by atoms with E-state index in [1.54, 1.807) is 0 Å². The summed E-state index contributed by atoms with van der Waals surface area (Å²) in [6.07, 6.45) is 1.70. The van der Waals surface area contributed by atoms with Crippen molar-refractivity contribution >= 4 is 44.2 Å². The summed E-state index contributed by atoms with van der Waals surface area (Å²) in [5.41, 5.74) is 3.85. The molecule has 3 aromatic carbocycles. The maximum atomic E-state index is 13.7. The number of benzene rings is 3. The molecule has 0 bridgehead atoms. The summed E-state index contributed by atoms with van der Waals surface area (Å²) in [4.78, 5) is 22.6. The number of nitrogens with zero attached hydrogens (tertiary/aromatic N) is 3. The second-order valence-corrected chi connectivity index (χ2v) is 10.1. The Morgan fingerprint density at radius 2 is 1.71 bits per heavy atom. The number of fused-ring (bicyclic) bond motifs is 1. The van der Waals surface area contributed by atoms with Crippen molar-refractivity contribution in [2.24, 2.45) is 0 Å². The third-order valence-electron chi connectivity index (χ3n) is 6.25. The molecule has 35 heavy (non-hydrogen) atoms. The number of rotatable bonds is 8. The molecule has 1 amide bonds. The Morgan fingerprint density at radius 3 is 2.46 bits per heavy atom. The lowest BCUT2D eigenvalue weighted by Crippen LogP contribution is -2.39. The first-order valence-electron chi connectivity index (χ1n) is 12.0. The molecule has 1 aliphatic rings. The van der Waals surface area contributed by atoms with Crippen LogP contribution in [-0.4, -0.2) is 55.2 Å². The topological polar surface area (TPSA) is 45.7 Å². The number of hydrogen-bond donors (Lipinski definition) is 0. The van der Waals surface area contributed by atoms with Crippen LogP contribution in [0.4, 0.5) is 5.13 Å². The lowest BCUT2D eigenvalue weighted by Gasteiger charge is -2.27.